The number of nitrogens with zero attached hydrogens (tertiary/aromatic N) is 4. The van der Waals surface area contributed by atoms with Crippen LogP contribution < -0.4 is 0 Å². The van der Waals surface area contributed by atoms with Gasteiger partial charge in [0.15, 0.2) is 0 Å². The van der Waals surface area contributed by atoms with Crippen molar-refractivity contribution in [2.75, 3.05) is 13.1 Å². The van der Waals surface area contributed by atoms with Gasteiger partial charge in [-0.1, -0.05) is 6.92 Å². The zero-order chi connectivity index (χ0) is 14.5. The maximum absolute atomic E-state index is 4.43. The minimum Gasteiger partial charge on any atom is -0.299 e. The zero-order valence-electron chi connectivity index (χ0n) is 12.7. The van der Waals surface area contributed by atoms with Gasteiger partial charge >= 0.3 is 0 Å². The van der Waals surface area contributed by atoms with Crippen LogP contribution >= 0.6 is 11.3 Å². The van der Waals surface area contributed by atoms with Gasteiger partial charge in [-0.15, -0.1) is 11.3 Å². The molecule has 1 aliphatic rings. The van der Waals surface area contributed by atoms with Gasteiger partial charge in [0.2, 0.25) is 0 Å². The fraction of sp³-hybridized carbons (Fsp3) is 0.625. The van der Waals surface area contributed by atoms with Crippen LogP contribution in [0.1, 0.15) is 36.8 Å². The molecule has 5 heteroatoms. The average Bonchev–Trinajstić information content (AvgIpc) is 3.12. The molecule has 1 atom stereocenters. The maximum atomic E-state index is 4.43. The van der Waals surface area contributed by atoms with Crippen molar-refractivity contribution in [3.05, 3.63) is 34.5 Å². The number of rotatable bonds is 6. The second-order valence-electron chi connectivity index (χ2n) is 5.98. The first kappa shape index (κ1) is 14.7. The highest BCUT2D eigenvalue weighted by atomic mass is 32.1. The fourth-order valence-electron chi connectivity index (χ4n) is 3.16. The Morgan fingerprint density at radius 3 is 3.19 bits per heavy atom. The summed E-state index contributed by atoms with van der Waals surface area (Å²) in [6.07, 6.45) is 11.1. The first-order chi connectivity index (χ1) is 10.3. The van der Waals surface area contributed by atoms with E-state index in [2.05, 4.69) is 38.2 Å². The van der Waals surface area contributed by atoms with E-state index >= 15 is 0 Å². The molecule has 1 saturated heterocycles. The van der Waals surface area contributed by atoms with Crippen LogP contribution in [0.2, 0.25) is 0 Å². The van der Waals surface area contributed by atoms with Gasteiger partial charge in [0.25, 0.3) is 0 Å². The van der Waals surface area contributed by atoms with E-state index in [-0.39, 0.29) is 0 Å². The Hall–Kier alpha value is -1.20. The molecule has 0 unspecified atom stereocenters. The number of likely N-dealkylation sites (tertiary alicyclic amines) is 1. The van der Waals surface area contributed by atoms with Crippen LogP contribution in [0, 0.1) is 5.92 Å². The number of thiazole rings is 1. The molecule has 0 amide bonds. The highest BCUT2D eigenvalue weighted by Gasteiger charge is 2.21. The van der Waals surface area contributed by atoms with Crippen molar-refractivity contribution in [3.8, 4) is 0 Å². The quantitative estimate of drug-likeness (QED) is 0.822. The van der Waals surface area contributed by atoms with E-state index < -0.39 is 0 Å². The number of aryl methyl sites for hydroxylation is 1. The summed E-state index contributed by atoms with van der Waals surface area (Å²) in [5, 5.41) is 7.80. The van der Waals surface area contributed by atoms with Gasteiger partial charge in [-0.05, 0) is 31.7 Å². The molecule has 3 rings (SSSR count). The molecule has 3 heterocycles. The smallest absolute Gasteiger partial charge is 0.0928 e. The third-order valence-electron chi connectivity index (χ3n) is 4.10. The Kier molecular flexibility index (Phi) is 5.04. The molecule has 0 aromatic carbocycles. The van der Waals surface area contributed by atoms with Crippen molar-refractivity contribution in [1.82, 2.24) is 19.7 Å². The molecule has 2 aromatic rings. The van der Waals surface area contributed by atoms with Crippen LogP contribution in [0.4, 0.5) is 0 Å². The highest BCUT2D eigenvalue weighted by Crippen LogP contribution is 2.23. The van der Waals surface area contributed by atoms with Crippen LogP contribution in [0.15, 0.2) is 24.0 Å². The number of hydrogen-bond acceptors (Lipinski definition) is 4. The predicted molar refractivity (Wildman–Crippen MR) is 86.3 cm³/mol. The molecule has 0 saturated carbocycles. The van der Waals surface area contributed by atoms with Crippen LogP contribution in [0.25, 0.3) is 0 Å². The van der Waals surface area contributed by atoms with Gasteiger partial charge in [-0.3, -0.25) is 9.58 Å². The van der Waals surface area contributed by atoms with Crippen LogP contribution in [0.5, 0.6) is 0 Å². The van der Waals surface area contributed by atoms with E-state index in [1.54, 1.807) is 11.3 Å². The van der Waals surface area contributed by atoms with Crippen LogP contribution in [0.3, 0.4) is 0 Å². The summed E-state index contributed by atoms with van der Waals surface area (Å²) in [6.45, 7) is 6.66. The van der Waals surface area contributed by atoms with Crippen molar-refractivity contribution in [1.29, 1.82) is 0 Å². The lowest BCUT2D eigenvalue weighted by atomic mass is 9.95. The summed E-state index contributed by atoms with van der Waals surface area (Å²) in [5.41, 5.74) is 1.35. The molecule has 0 spiro atoms. The predicted octanol–water partition coefficient (Wildman–Crippen LogP) is 3.20. The molecular weight excluding hydrogens is 280 g/mol. The average molecular weight is 304 g/mol. The number of aromatic nitrogens is 3. The van der Waals surface area contributed by atoms with Gasteiger partial charge in [-0.25, -0.2) is 4.98 Å². The Morgan fingerprint density at radius 2 is 2.38 bits per heavy atom. The molecule has 2 aromatic heterocycles. The summed E-state index contributed by atoms with van der Waals surface area (Å²) in [5.74, 6) is 0.760. The molecule has 4 nitrogen and oxygen atoms in total. The molecule has 1 fully saturated rings. The minimum atomic E-state index is 0.760. The third-order valence-corrected chi connectivity index (χ3v) is 4.90. The molecule has 0 bridgehead atoms. The SMILES string of the molecule is CCCn1cc(CN2CCC[C@H](Cc3nccs3)C2)cn1. The molecule has 21 heavy (non-hydrogen) atoms. The van der Waals surface area contributed by atoms with E-state index in [9.17, 15) is 0 Å². The standard InChI is InChI=1S/C16H24N4S/c1-2-6-20-13-15(10-18-20)12-19-7-3-4-14(11-19)9-16-17-5-8-21-16/h5,8,10,13-14H,2-4,6-7,9,11-12H2,1H3/t14-/m1/s1. The van der Waals surface area contributed by atoms with E-state index in [0.29, 0.717) is 0 Å². The Balaban J connectivity index is 1.53. The lowest BCUT2D eigenvalue weighted by Gasteiger charge is -2.32. The monoisotopic (exact) mass is 304 g/mol. The largest absolute Gasteiger partial charge is 0.299 e. The first-order valence-corrected chi connectivity index (χ1v) is 8.83. The van der Waals surface area contributed by atoms with E-state index in [4.69, 9.17) is 0 Å². The summed E-state index contributed by atoms with van der Waals surface area (Å²) in [6, 6.07) is 0. The van der Waals surface area contributed by atoms with Crippen molar-refractivity contribution < 1.29 is 0 Å². The third kappa shape index (κ3) is 4.14. The molecule has 0 aliphatic carbocycles. The number of piperidine rings is 1. The Labute approximate surface area is 130 Å². The summed E-state index contributed by atoms with van der Waals surface area (Å²) in [7, 11) is 0. The lowest BCUT2D eigenvalue weighted by Crippen LogP contribution is -2.35. The zero-order valence-corrected chi connectivity index (χ0v) is 13.6. The molecule has 0 N–H and O–H groups in total. The molecule has 0 radical (unpaired) electrons. The summed E-state index contributed by atoms with van der Waals surface area (Å²) < 4.78 is 2.06. The van der Waals surface area contributed by atoms with E-state index in [1.807, 2.05) is 12.4 Å². The van der Waals surface area contributed by atoms with Gasteiger partial charge < -0.3 is 0 Å². The summed E-state index contributed by atoms with van der Waals surface area (Å²) in [4.78, 5) is 7.01. The normalized spacial score (nSPS) is 20.0. The van der Waals surface area contributed by atoms with Crippen molar-refractivity contribution in [3.63, 3.8) is 0 Å². The number of hydrogen-bond donors (Lipinski definition) is 0. The highest BCUT2D eigenvalue weighted by molar-refractivity contribution is 7.09. The van der Waals surface area contributed by atoms with E-state index in [1.165, 1.54) is 36.5 Å². The van der Waals surface area contributed by atoms with Crippen molar-refractivity contribution >= 4 is 11.3 Å². The fourth-order valence-corrected chi connectivity index (χ4v) is 3.89. The van der Waals surface area contributed by atoms with Gasteiger partial charge in [0, 0.05) is 49.4 Å². The van der Waals surface area contributed by atoms with Crippen LogP contribution in [-0.4, -0.2) is 32.8 Å². The Morgan fingerprint density at radius 1 is 1.43 bits per heavy atom. The summed E-state index contributed by atoms with van der Waals surface area (Å²) >= 11 is 1.79. The topological polar surface area (TPSA) is 34.0 Å². The van der Waals surface area contributed by atoms with Gasteiger partial charge in [-0.2, -0.15) is 5.10 Å². The Bertz CT molecular complexity index is 534. The lowest BCUT2D eigenvalue weighted by molar-refractivity contribution is 0.167. The van der Waals surface area contributed by atoms with Gasteiger partial charge in [0.05, 0.1) is 11.2 Å². The minimum absolute atomic E-state index is 0.760. The first-order valence-electron chi connectivity index (χ1n) is 7.95. The second kappa shape index (κ2) is 7.18. The van der Waals surface area contributed by atoms with Crippen LogP contribution in [-0.2, 0) is 19.5 Å². The molecular formula is C16H24N4S. The molecule has 114 valence electrons. The van der Waals surface area contributed by atoms with E-state index in [0.717, 1.165) is 31.8 Å². The second-order valence-corrected chi connectivity index (χ2v) is 6.96. The van der Waals surface area contributed by atoms with Gasteiger partial charge in [0.1, 0.15) is 0 Å². The van der Waals surface area contributed by atoms with Crippen molar-refractivity contribution in [2.45, 2.75) is 45.7 Å². The molecule has 1 aliphatic heterocycles. The maximum Gasteiger partial charge on any atom is 0.0928 e. The van der Waals surface area contributed by atoms with Crippen molar-refractivity contribution in [2.24, 2.45) is 5.92 Å².